The number of aryl methyl sites for hydroxylation is 1. The molecule has 4 heteroatoms. The van der Waals surface area contributed by atoms with Gasteiger partial charge in [0.2, 0.25) is 10.0 Å². The Bertz CT molecular complexity index is 723. The van der Waals surface area contributed by atoms with Crippen LogP contribution in [-0.2, 0) is 10.0 Å². The zero-order chi connectivity index (χ0) is 15.0. The Balaban J connectivity index is 1.94. The maximum atomic E-state index is 12.8. The van der Waals surface area contributed by atoms with Crippen molar-refractivity contribution in [3.05, 3.63) is 65.7 Å². The smallest absolute Gasteiger partial charge is 0.207 e. The van der Waals surface area contributed by atoms with Crippen LogP contribution in [-0.4, -0.2) is 19.3 Å². The fourth-order valence-electron chi connectivity index (χ4n) is 2.88. The molecule has 2 atom stereocenters. The topological polar surface area (TPSA) is 37.4 Å². The molecule has 110 valence electrons. The van der Waals surface area contributed by atoms with Gasteiger partial charge in [-0.25, -0.2) is 8.42 Å². The van der Waals surface area contributed by atoms with Gasteiger partial charge < -0.3 is 0 Å². The molecule has 0 unspecified atom stereocenters. The van der Waals surface area contributed by atoms with E-state index in [0.717, 1.165) is 11.1 Å². The summed E-state index contributed by atoms with van der Waals surface area (Å²) in [6.07, 6.45) is 0. The average molecular weight is 301 g/mol. The van der Waals surface area contributed by atoms with Crippen molar-refractivity contribution in [2.75, 3.05) is 6.54 Å². The molecule has 0 saturated carbocycles. The zero-order valence-electron chi connectivity index (χ0n) is 12.2. The molecule has 1 aliphatic heterocycles. The van der Waals surface area contributed by atoms with Crippen molar-refractivity contribution in [2.24, 2.45) is 5.92 Å². The van der Waals surface area contributed by atoms with Crippen molar-refractivity contribution in [3.63, 3.8) is 0 Å². The highest BCUT2D eigenvalue weighted by Crippen LogP contribution is 2.42. The molecule has 0 aromatic heterocycles. The van der Waals surface area contributed by atoms with Crippen LogP contribution in [0.1, 0.15) is 24.1 Å². The highest BCUT2D eigenvalue weighted by atomic mass is 32.2. The summed E-state index contributed by atoms with van der Waals surface area (Å²) in [5.74, 6) is 0.340. The largest absolute Gasteiger partial charge is 0.243 e. The van der Waals surface area contributed by atoms with E-state index in [2.05, 4.69) is 6.92 Å². The predicted octanol–water partition coefficient (Wildman–Crippen LogP) is 3.38. The Hall–Kier alpha value is -1.65. The predicted molar refractivity (Wildman–Crippen MR) is 83.4 cm³/mol. The number of sulfonamides is 1. The number of rotatable bonds is 3. The van der Waals surface area contributed by atoms with E-state index < -0.39 is 10.0 Å². The first kappa shape index (κ1) is 14.3. The van der Waals surface area contributed by atoms with E-state index in [9.17, 15) is 8.42 Å². The summed E-state index contributed by atoms with van der Waals surface area (Å²) >= 11 is 0. The minimum absolute atomic E-state index is 0.0579. The molecule has 0 N–H and O–H groups in total. The highest BCUT2D eigenvalue weighted by Gasteiger charge is 2.44. The molecule has 3 rings (SSSR count). The van der Waals surface area contributed by atoms with Crippen LogP contribution < -0.4 is 0 Å². The zero-order valence-corrected chi connectivity index (χ0v) is 13.0. The standard InChI is InChI=1S/C17H19NO2S/c1-13-8-10-16(11-9-13)21(19,20)18-12-14(2)17(18)15-6-4-3-5-7-15/h3-11,14,17H,12H2,1-2H3/t14-,17-/m1/s1. The fourth-order valence-corrected chi connectivity index (χ4v) is 4.69. The van der Waals surface area contributed by atoms with Crippen molar-refractivity contribution in [3.8, 4) is 0 Å². The molecule has 1 fully saturated rings. The third-order valence-corrected chi connectivity index (χ3v) is 5.95. The Morgan fingerprint density at radius 1 is 1.00 bits per heavy atom. The molecule has 0 spiro atoms. The van der Waals surface area contributed by atoms with E-state index in [-0.39, 0.29) is 6.04 Å². The molecular weight excluding hydrogens is 282 g/mol. The van der Waals surface area contributed by atoms with Crippen LogP contribution in [0.3, 0.4) is 0 Å². The highest BCUT2D eigenvalue weighted by molar-refractivity contribution is 7.89. The lowest BCUT2D eigenvalue weighted by Crippen LogP contribution is -2.51. The normalized spacial score (nSPS) is 22.8. The maximum Gasteiger partial charge on any atom is 0.243 e. The van der Waals surface area contributed by atoms with Crippen molar-refractivity contribution in [2.45, 2.75) is 24.8 Å². The third kappa shape index (κ3) is 2.49. The second-order valence-electron chi connectivity index (χ2n) is 5.72. The van der Waals surface area contributed by atoms with Gasteiger partial charge in [-0.15, -0.1) is 0 Å². The second kappa shape index (κ2) is 5.28. The van der Waals surface area contributed by atoms with Crippen molar-refractivity contribution < 1.29 is 8.42 Å². The molecule has 1 saturated heterocycles. The number of hydrogen-bond donors (Lipinski definition) is 0. The molecule has 1 heterocycles. The van der Waals surface area contributed by atoms with E-state index in [1.54, 1.807) is 16.4 Å². The van der Waals surface area contributed by atoms with Gasteiger partial charge in [0.25, 0.3) is 0 Å². The van der Waals surface area contributed by atoms with Crippen LogP contribution in [0.15, 0.2) is 59.5 Å². The molecular formula is C17H19NO2S. The van der Waals surface area contributed by atoms with Gasteiger partial charge in [-0.05, 0) is 30.5 Å². The van der Waals surface area contributed by atoms with E-state index in [1.807, 2.05) is 49.4 Å². The number of benzene rings is 2. The monoisotopic (exact) mass is 301 g/mol. The molecule has 0 radical (unpaired) electrons. The van der Waals surface area contributed by atoms with Gasteiger partial charge in [-0.2, -0.15) is 4.31 Å². The van der Waals surface area contributed by atoms with E-state index >= 15 is 0 Å². The summed E-state index contributed by atoms with van der Waals surface area (Å²) in [5.41, 5.74) is 2.12. The number of hydrogen-bond acceptors (Lipinski definition) is 2. The maximum absolute atomic E-state index is 12.8. The second-order valence-corrected chi connectivity index (χ2v) is 7.61. The van der Waals surface area contributed by atoms with Gasteiger partial charge in [0, 0.05) is 6.54 Å². The van der Waals surface area contributed by atoms with Crippen LogP contribution in [0.2, 0.25) is 0 Å². The first-order valence-electron chi connectivity index (χ1n) is 7.13. The van der Waals surface area contributed by atoms with Gasteiger partial charge in [0.1, 0.15) is 0 Å². The van der Waals surface area contributed by atoms with Crippen molar-refractivity contribution in [1.29, 1.82) is 0 Å². The quantitative estimate of drug-likeness (QED) is 0.871. The van der Waals surface area contributed by atoms with Gasteiger partial charge in [0.15, 0.2) is 0 Å². The third-order valence-electron chi connectivity index (χ3n) is 4.09. The lowest BCUT2D eigenvalue weighted by molar-refractivity contribution is 0.116. The van der Waals surface area contributed by atoms with Crippen LogP contribution >= 0.6 is 0 Å². The van der Waals surface area contributed by atoms with Gasteiger partial charge in [-0.3, -0.25) is 0 Å². The molecule has 0 aliphatic carbocycles. The minimum Gasteiger partial charge on any atom is -0.207 e. The van der Waals surface area contributed by atoms with E-state index in [0.29, 0.717) is 17.4 Å². The molecule has 1 aliphatic rings. The summed E-state index contributed by atoms with van der Waals surface area (Å²) in [6, 6.07) is 16.9. The lowest BCUT2D eigenvalue weighted by Gasteiger charge is -2.45. The summed E-state index contributed by atoms with van der Waals surface area (Å²) in [5, 5.41) is 0. The Labute approximate surface area is 126 Å². The Morgan fingerprint density at radius 2 is 1.62 bits per heavy atom. The minimum atomic E-state index is -3.42. The lowest BCUT2D eigenvalue weighted by atomic mass is 9.88. The number of nitrogens with zero attached hydrogens (tertiary/aromatic N) is 1. The SMILES string of the molecule is Cc1ccc(S(=O)(=O)N2C[C@@H](C)[C@@H]2c2ccccc2)cc1. The van der Waals surface area contributed by atoms with E-state index in [4.69, 9.17) is 0 Å². The molecule has 2 aromatic rings. The first-order chi connectivity index (χ1) is 10.00. The average Bonchev–Trinajstić information content (AvgIpc) is 2.46. The van der Waals surface area contributed by atoms with Crippen molar-refractivity contribution >= 4 is 10.0 Å². The molecule has 0 amide bonds. The van der Waals surface area contributed by atoms with Crippen LogP contribution in [0.25, 0.3) is 0 Å². The van der Waals surface area contributed by atoms with Crippen LogP contribution in [0.4, 0.5) is 0 Å². The van der Waals surface area contributed by atoms with Crippen LogP contribution in [0.5, 0.6) is 0 Å². The van der Waals surface area contributed by atoms with E-state index in [1.165, 1.54) is 0 Å². The van der Waals surface area contributed by atoms with Gasteiger partial charge in [0.05, 0.1) is 10.9 Å². The summed E-state index contributed by atoms with van der Waals surface area (Å²) in [6.45, 7) is 4.63. The van der Waals surface area contributed by atoms with Crippen molar-refractivity contribution in [1.82, 2.24) is 4.31 Å². The van der Waals surface area contributed by atoms with Gasteiger partial charge >= 0.3 is 0 Å². The Morgan fingerprint density at radius 3 is 2.19 bits per heavy atom. The fraction of sp³-hybridized carbons (Fsp3) is 0.294. The van der Waals surface area contributed by atoms with Crippen LogP contribution in [0, 0.1) is 12.8 Å². The molecule has 2 aromatic carbocycles. The molecule has 21 heavy (non-hydrogen) atoms. The van der Waals surface area contributed by atoms with Gasteiger partial charge in [-0.1, -0.05) is 55.0 Å². The Kier molecular flexibility index (Phi) is 3.59. The molecule has 0 bridgehead atoms. The summed E-state index contributed by atoms with van der Waals surface area (Å²) in [7, 11) is -3.42. The summed E-state index contributed by atoms with van der Waals surface area (Å²) < 4.78 is 27.2. The first-order valence-corrected chi connectivity index (χ1v) is 8.57. The molecule has 3 nitrogen and oxygen atoms in total. The summed E-state index contributed by atoms with van der Waals surface area (Å²) in [4.78, 5) is 0.376.